The van der Waals surface area contributed by atoms with Gasteiger partial charge >= 0.3 is 0 Å². The van der Waals surface area contributed by atoms with E-state index in [1.165, 1.54) is 32.5 Å². The van der Waals surface area contributed by atoms with Crippen molar-refractivity contribution in [1.29, 1.82) is 0 Å². The molecule has 4 rings (SSSR count). The van der Waals surface area contributed by atoms with E-state index in [0.717, 1.165) is 5.56 Å². The molecule has 0 aliphatic rings. The molecule has 0 saturated carbocycles. The molecule has 0 saturated heterocycles. The molecule has 170 valence electrons. The van der Waals surface area contributed by atoms with Crippen LogP contribution in [0.25, 0.3) is 10.9 Å². The Morgan fingerprint density at radius 2 is 1.42 bits per heavy atom. The summed E-state index contributed by atoms with van der Waals surface area (Å²) in [7, 11) is 0.487. The van der Waals surface area contributed by atoms with E-state index in [1.54, 1.807) is 42.0 Å². The molecule has 0 fully saturated rings. The third-order valence-corrected chi connectivity index (χ3v) is 7.16. The van der Waals surface area contributed by atoms with E-state index < -0.39 is 15.3 Å². The van der Waals surface area contributed by atoms with Gasteiger partial charge in [0, 0.05) is 12.7 Å². The number of rotatable bonds is 7. The van der Waals surface area contributed by atoms with Gasteiger partial charge in [-0.25, -0.2) is 8.42 Å². The smallest absolute Gasteiger partial charge is 0.211 e. The van der Waals surface area contributed by atoms with Gasteiger partial charge in [-0.15, -0.1) is 0 Å². The molecule has 1 aromatic heterocycles. The number of fused-ring (bicyclic) bond motifs is 1. The van der Waals surface area contributed by atoms with Crippen molar-refractivity contribution < 1.29 is 22.6 Å². The van der Waals surface area contributed by atoms with Crippen molar-refractivity contribution in [2.45, 2.75) is 16.3 Å². The second-order valence-corrected chi connectivity index (χ2v) is 9.28. The lowest BCUT2D eigenvalue weighted by Crippen LogP contribution is -2.19. The molecule has 1 heterocycles. The Kier molecular flexibility index (Phi) is 6.11. The van der Waals surface area contributed by atoms with Gasteiger partial charge in [0.05, 0.1) is 37.1 Å². The van der Waals surface area contributed by atoms with E-state index in [2.05, 4.69) is 0 Å². The molecule has 0 aliphatic carbocycles. The van der Waals surface area contributed by atoms with Crippen molar-refractivity contribution in [3.05, 3.63) is 88.7 Å². The molecule has 0 radical (unpaired) electrons. The van der Waals surface area contributed by atoms with E-state index in [-0.39, 0.29) is 15.2 Å². The van der Waals surface area contributed by atoms with Gasteiger partial charge in [-0.3, -0.25) is 4.79 Å². The zero-order valence-corrected chi connectivity index (χ0v) is 19.3. The van der Waals surface area contributed by atoms with Crippen molar-refractivity contribution in [2.75, 3.05) is 21.3 Å². The highest BCUT2D eigenvalue weighted by atomic mass is 32.2. The number of aromatic nitrogens is 1. The Labute approximate surface area is 191 Å². The molecule has 33 heavy (non-hydrogen) atoms. The summed E-state index contributed by atoms with van der Waals surface area (Å²) in [4.78, 5) is 13.1. The fraction of sp³-hybridized carbons (Fsp3) is 0.160. The van der Waals surface area contributed by atoms with Crippen LogP contribution in [0.4, 0.5) is 0 Å². The fourth-order valence-electron chi connectivity index (χ4n) is 3.65. The Bertz CT molecular complexity index is 1470. The Morgan fingerprint density at radius 3 is 2.09 bits per heavy atom. The highest BCUT2D eigenvalue weighted by Crippen LogP contribution is 2.26. The van der Waals surface area contributed by atoms with Gasteiger partial charge < -0.3 is 18.8 Å². The first-order valence-electron chi connectivity index (χ1n) is 10.1. The van der Waals surface area contributed by atoms with Crippen molar-refractivity contribution >= 4 is 20.7 Å². The van der Waals surface area contributed by atoms with Crippen LogP contribution in [-0.2, 0) is 16.4 Å². The molecular weight excluding hydrogens is 442 g/mol. The molecule has 0 aliphatic heterocycles. The molecule has 8 heteroatoms. The van der Waals surface area contributed by atoms with Gasteiger partial charge in [0.25, 0.3) is 0 Å². The summed E-state index contributed by atoms with van der Waals surface area (Å²) in [6.07, 6.45) is 1.40. The molecule has 4 aromatic rings. The summed E-state index contributed by atoms with van der Waals surface area (Å²) >= 11 is 0. The van der Waals surface area contributed by atoms with Gasteiger partial charge in [0.1, 0.15) is 22.1 Å². The molecule has 0 amide bonds. The van der Waals surface area contributed by atoms with Crippen LogP contribution in [0.2, 0.25) is 0 Å². The summed E-state index contributed by atoms with van der Waals surface area (Å²) < 4.78 is 44.3. The number of hydrogen-bond acceptors (Lipinski definition) is 6. The lowest BCUT2D eigenvalue weighted by Gasteiger charge is -2.15. The zero-order chi connectivity index (χ0) is 23.6. The van der Waals surface area contributed by atoms with Crippen LogP contribution in [0, 0.1) is 0 Å². The average molecular weight is 466 g/mol. The number of hydrogen-bond donors (Lipinski definition) is 0. The first-order chi connectivity index (χ1) is 15.9. The van der Waals surface area contributed by atoms with Crippen LogP contribution < -0.4 is 19.6 Å². The number of ether oxygens (including phenoxy) is 3. The van der Waals surface area contributed by atoms with Crippen LogP contribution in [0.3, 0.4) is 0 Å². The third kappa shape index (κ3) is 4.29. The van der Waals surface area contributed by atoms with Gasteiger partial charge in [-0.2, -0.15) is 0 Å². The highest BCUT2D eigenvalue weighted by molar-refractivity contribution is 7.91. The van der Waals surface area contributed by atoms with E-state index in [9.17, 15) is 13.2 Å². The lowest BCUT2D eigenvalue weighted by molar-refractivity contribution is 0.414. The topological polar surface area (TPSA) is 83.8 Å². The quantitative estimate of drug-likeness (QED) is 0.412. The predicted octanol–water partition coefficient (Wildman–Crippen LogP) is 3.91. The number of methoxy groups -OCH3 is 3. The summed E-state index contributed by atoms with van der Waals surface area (Å²) in [5, 5.41) is 0.256. The maximum atomic E-state index is 13.5. The largest absolute Gasteiger partial charge is 0.497 e. The molecule has 0 N–H and O–H groups in total. The highest BCUT2D eigenvalue weighted by Gasteiger charge is 2.24. The molecule has 0 unspecified atom stereocenters. The number of nitrogens with zero attached hydrogens (tertiary/aromatic N) is 1. The normalized spacial score (nSPS) is 11.4. The van der Waals surface area contributed by atoms with Crippen LogP contribution in [0.15, 0.2) is 87.5 Å². The van der Waals surface area contributed by atoms with Gasteiger partial charge in [-0.05, 0) is 60.2 Å². The molecule has 7 nitrogen and oxygen atoms in total. The van der Waals surface area contributed by atoms with Gasteiger partial charge in [0.15, 0.2) is 0 Å². The molecular formula is C25H23NO6S. The summed E-state index contributed by atoms with van der Waals surface area (Å²) in [5.41, 5.74) is 0.904. The average Bonchev–Trinajstić information content (AvgIpc) is 2.85. The zero-order valence-electron chi connectivity index (χ0n) is 18.4. The minimum Gasteiger partial charge on any atom is -0.497 e. The Hall–Kier alpha value is -3.78. The van der Waals surface area contributed by atoms with Gasteiger partial charge in [0.2, 0.25) is 15.3 Å². The van der Waals surface area contributed by atoms with E-state index in [1.807, 2.05) is 24.3 Å². The first-order valence-corrected chi connectivity index (χ1v) is 11.6. The molecule has 0 bridgehead atoms. The maximum absolute atomic E-state index is 13.5. The minimum absolute atomic E-state index is 0.00979. The Balaban J connectivity index is 1.94. The maximum Gasteiger partial charge on any atom is 0.211 e. The standard InChI is InChI=1S/C25H23NO6S/c1-30-18-7-10-21(11-8-18)33(28,29)24-16-26(15-17-5-4-6-19(13-17)31-2)23-12-9-20(32-3)14-22(23)25(24)27/h4-14,16H,15H2,1-3H3. The molecule has 0 spiro atoms. The van der Waals surface area contributed by atoms with Crippen LogP contribution >= 0.6 is 0 Å². The second-order valence-electron chi connectivity index (χ2n) is 7.36. The fourth-order valence-corrected chi connectivity index (χ4v) is 5.02. The predicted molar refractivity (Wildman–Crippen MR) is 125 cm³/mol. The van der Waals surface area contributed by atoms with Crippen LogP contribution in [0.5, 0.6) is 17.2 Å². The lowest BCUT2D eigenvalue weighted by atomic mass is 10.1. The molecule has 3 aromatic carbocycles. The van der Waals surface area contributed by atoms with E-state index >= 15 is 0 Å². The molecule has 0 atom stereocenters. The van der Waals surface area contributed by atoms with Crippen LogP contribution in [0.1, 0.15) is 5.56 Å². The summed E-state index contributed by atoms with van der Waals surface area (Å²) in [6.45, 7) is 0.339. The van der Waals surface area contributed by atoms with Crippen molar-refractivity contribution in [2.24, 2.45) is 0 Å². The summed E-state index contributed by atoms with van der Waals surface area (Å²) in [5.74, 6) is 1.67. The van der Waals surface area contributed by atoms with Gasteiger partial charge in [-0.1, -0.05) is 12.1 Å². The van der Waals surface area contributed by atoms with Crippen molar-refractivity contribution in [3.8, 4) is 17.2 Å². The number of benzene rings is 3. The monoisotopic (exact) mass is 465 g/mol. The second kappa shape index (κ2) is 8.99. The van der Waals surface area contributed by atoms with Crippen molar-refractivity contribution in [1.82, 2.24) is 4.57 Å². The number of pyridine rings is 1. The minimum atomic E-state index is -4.09. The summed E-state index contributed by atoms with van der Waals surface area (Å²) in [6, 6.07) is 18.5. The van der Waals surface area contributed by atoms with E-state index in [0.29, 0.717) is 29.3 Å². The van der Waals surface area contributed by atoms with Crippen molar-refractivity contribution in [3.63, 3.8) is 0 Å². The van der Waals surface area contributed by atoms with E-state index in [4.69, 9.17) is 14.2 Å². The SMILES string of the molecule is COc1ccc(S(=O)(=O)c2cn(Cc3cccc(OC)c3)c3ccc(OC)cc3c2=O)cc1. The number of sulfone groups is 1. The first kappa shape index (κ1) is 22.4. The van der Waals surface area contributed by atoms with Crippen LogP contribution in [-0.4, -0.2) is 34.3 Å². The third-order valence-electron chi connectivity index (χ3n) is 5.40. The Morgan fingerprint density at radius 1 is 0.788 bits per heavy atom.